The summed E-state index contributed by atoms with van der Waals surface area (Å²) in [7, 11) is 3.22. The van der Waals surface area contributed by atoms with E-state index < -0.39 is 4.92 Å². The normalized spacial score (nSPS) is 15.4. The molecule has 1 aromatic heterocycles. The Morgan fingerprint density at radius 3 is 2.78 bits per heavy atom. The maximum absolute atomic E-state index is 11.9. The highest BCUT2D eigenvalue weighted by Gasteiger charge is 2.34. The van der Waals surface area contributed by atoms with Crippen molar-refractivity contribution in [3.8, 4) is 0 Å². The number of hydrogen-bond donors (Lipinski definition) is 1. The molecule has 0 aliphatic carbocycles. The van der Waals surface area contributed by atoms with E-state index in [9.17, 15) is 10.1 Å². The number of nitrogens with one attached hydrogen (secondary N) is 1. The SMILES string of the molecule is COCCN(C)C(=C(Cl)Cl)C(=C1NCCN1Cc1ccc(Cl)nc1)[N+](=O)[O-]. The quantitative estimate of drug-likeness (QED) is 0.381. The highest BCUT2D eigenvalue weighted by molar-refractivity contribution is 6.56. The first kappa shape index (κ1) is 21.6. The fourth-order valence-corrected chi connectivity index (χ4v) is 3.26. The second-order valence-electron chi connectivity index (χ2n) is 5.82. The minimum Gasteiger partial charge on any atom is -0.383 e. The van der Waals surface area contributed by atoms with E-state index in [2.05, 4.69) is 10.3 Å². The molecule has 2 heterocycles. The summed E-state index contributed by atoms with van der Waals surface area (Å²) in [6, 6.07) is 3.50. The molecule has 11 heteroatoms. The van der Waals surface area contributed by atoms with Gasteiger partial charge in [0.15, 0.2) is 5.82 Å². The van der Waals surface area contributed by atoms with Crippen molar-refractivity contribution in [2.24, 2.45) is 0 Å². The van der Waals surface area contributed by atoms with Crippen LogP contribution >= 0.6 is 34.8 Å². The minimum absolute atomic E-state index is 0.129. The van der Waals surface area contributed by atoms with Gasteiger partial charge in [-0.1, -0.05) is 40.9 Å². The molecule has 0 amide bonds. The molecule has 1 fully saturated rings. The highest BCUT2D eigenvalue weighted by Crippen LogP contribution is 2.29. The van der Waals surface area contributed by atoms with Crippen LogP contribution in [0.2, 0.25) is 5.15 Å². The topological polar surface area (TPSA) is 83.8 Å². The number of aromatic nitrogens is 1. The van der Waals surface area contributed by atoms with Crippen molar-refractivity contribution in [3.05, 3.63) is 60.9 Å². The Bertz CT molecular complexity index is 735. The van der Waals surface area contributed by atoms with E-state index >= 15 is 0 Å². The third-order valence-corrected chi connectivity index (χ3v) is 4.56. The number of rotatable bonds is 8. The van der Waals surface area contributed by atoms with Gasteiger partial charge in [0.25, 0.3) is 0 Å². The van der Waals surface area contributed by atoms with E-state index in [1.165, 1.54) is 0 Å². The fourth-order valence-electron chi connectivity index (χ4n) is 2.68. The van der Waals surface area contributed by atoms with Gasteiger partial charge in [-0.25, -0.2) is 4.98 Å². The summed E-state index contributed by atoms with van der Waals surface area (Å²) in [4.78, 5) is 18.9. The largest absolute Gasteiger partial charge is 0.383 e. The lowest BCUT2D eigenvalue weighted by Crippen LogP contribution is -2.31. The lowest BCUT2D eigenvalue weighted by atomic mass is 10.2. The average Bonchev–Trinajstić information content (AvgIpc) is 3.06. The van der Waals surface area contributed by atoms with Gasteiger partial charge in [0.05, 0.1) is 11.5 Å². The zero-order valence-electron chi connectivity index (χ0n) is 14.9. The molecule has 1 saturated heterocycles. The van der Waals surface area contributed by atoms with Gasteiger partial charge in [0, 0.05) is 46.5 Å². The summed E-state index contributed by atoms with van der Waals surface area (Å²) in [5.74, 6) is 0.355. The molecule has 2 rings (SSSR count). The van der Waals surface area contributed by atoms with Crippen LogP contribution in [0.25, 0.3) is 0 Å². The number of halogens is 3. The number of hydrogen-bond acceptors (Lipinski definition) is 7. The molecule has 1 aliphatic rings. The number of methoxy groups -OCH3 is 1. The van der Waals surface area contributed by atoms with Crippen molar-refractivity contribution in [2.75, 3.05) is 40.4 Å². The van der Waals surface area contributed by atoms with E-state index in [-0.39, 0.29) is 15.9 Å². The van der Waals surface area contributed by atoms with Gasteiger partial charge in [0.1, 0.15) is 15.3 Å². The van der Waals surface area contributed by atoms with Gasteiger partial charge in [-0.3, -0.25) is 10.1 Å². The van der Waals surface area contributed by atoms with Gasteiger partial charge in [-0.15, -0.1) is 0 Å². The molecular formula is C16H20Cl3N5O3. The van der Waals surface area contributed by atoms with Crippen molar-refractivity contribution in [1.29, 1.82) is 0 Å². The maximum Gasteiger partial charge on any atom is 0.334 e. The number of nitrogens with zero attached hydrogens (tertiary/aromatic N) is 4. The molecule has 27 heavy (non-hydrogen) atoms. The number of likely N-dealkylation sites (N-methyl/N-ethyl adjacent to an activating group) is 1. The summed E-state index contributed by atoms with van der Waals surface area (Å²) in [5, 5.41) is 15.4. The summed E-state index contributed by atoms with van der Waals surface area (Å²) < 4.78 is 4.85. The first-order valence-corrected chi connectivity index (χ1v) is 9.22. The predicted molar refractivity (Wildman–Crippen MR) is 105 cm³/mol. The lowest BCUT2D eigenvalue weighted by molar-refractivity contribution is -0.425. The number of pyridine rings is 1. The molecule has 1 N–H and O–H groups in total. The molecule has 0 spiro atoms. The van der Waals surface area contributed by atoms with Gasteiger partial charge in [0.2, 0.25) is 0 Å². The van der Waals surface area contributed by atoms with E-state index in [0.717, 1.165) is 5.56 Å². The van der Waals surface area contributed by atoms with Crippen molar-refractivity contribution < 1.29 is 9.66 Å². The molecule has 0 aromatic carbocycles. The van der Waals surface area contributed by atoms with Crippen LogP contribution in [0.4, 0.5) is 0 Å². The molecule has 0 radical (unpaired) electrons. The zero-order chi connectivity index (χ0) is 20.0. The highest BCUT2D eigenvalue weighted by atomic mass is 35.5. The van der Waals surface area contributed by atoms with Crippen molar-refractivity contribution in [1.82, 2.24) is 20.1 Å². The van der Waals surface area contributed by atoms with Crippen molar-refractivity contribution in [2.45, 2.75) is 6.54 Å². The van der Waals surface area contributed by atoms with E-state index in [0.29, 0.717) is 43.8 Å². The molecule has 8 nitrogen and oxygen atoms in total. The monoisotopic (exact) mass is 435 g/mol. The van der Waals surface area contributed by atoms with Crippen LogP contribution in [-0.2, 0) is 11.3 Å². The van der Waals surface area contributed by atoms with Gasteiger partial charge in [-0.05, 0) is 11.6 Å². The lowest BCUT2D eigenvalue weighted by Gasteiger charge is -2.24. The maximum atomic E-state index is 11.9. The summed E-state index contributed by atoms with van der Waals surface area (Å²) in [5.41, 5.74) is 0.815. The van der Waals surface area contributed by atoms with Crippen LogP contribution in [0.5, 0.6) is 0 Å². The second kappa shape index (κ2) is 9.98. The molecule has 0 unspecified atom stereocenters. The molecule has 148 valence electrons. The van der Waals surface area contributed by atoms with E-state index in [4.69, 9.17) is 39.5 Å². The first-order valence-electron chi connectivity index (χ1n) is 8.08. The van der Waals surface area contributed by atoms with Crippen molar-refractivity contribution in [3.63, 3.8) is 0 Å². The van der Waals surface area contributed by atoms with Crippen LogP contribution in [0.15, 0.2) is 40.0 Å². The number of nitro groups is 1. The Morgan fingerprint density at radius 2 is 2.22 bits per heavy atom. The molecular weight excluding hydrogens is 417 g/mol. The van der Waals surface area contributed by atoms with E-state index in [1.54, 1.807) is 31.3 Å². The summed E-state index contributed by atoms with van der Waals surface area (Å²) in [6.45, 7) is 2.33. The van der Waals surface area contributed by atoms with Crippen LogP contribution in [0.1, 0.15) is 5.56 Å². The van der Waals surface area contributed by atoms with Gasteiger partial charge >= 0.3 is 5.70 Å². The first-order chi connectivity index (χ1) is 12.8. The van der Waals surface area contributed by atoms with Crippen LogP contribution < -0.4 is 5.32 Å². The summed E-state index contributed by atoms with van der Waals surface area (Å²) in [6.07, 6.45) is 1.64. The van der Waals surface area contributed by atoms with Crippen LogP contribution in [0, 0.1) is 10.1 Å². The Hall–Kier alpha value is -1.74. The molecule has 1 aliphatic heterocycles. The average molecular weight is 437 g/mol. The molecule has 0 atom stereocenters. The minimum atomic E-state index is -0.482. The van der Waals surface area contributed by atoms with Gasteiger partial charge in [-0.2, -0.15) is 0 Å². The Labute approximate surface area is 172 Å². The molecule has 1 aromatic rings. The third-order valence-electron chi connectivity index (χ3n) is 3.98. The van der Waals surface area contributed by atoms with Crippen molar-refractivity contribution >= 4 is 34.8 Å². The number of ether oxygens (including phenoxy) is 1. The van der Waals surface area contributed by atoms with Crippen LogP contribution in [0.3, 0.4) is 0 Å². The smallest absolute Gasteiger partial charge is 0.334 e. The second-order valence-corrected chi connectivity index (χ2v) is 7.15. The molecule has 0 bridgehead atoms. The Balaban J connectivity index is 2.40. The van der Waals surface area contributed by atoms with Crippen LogP contribution in [-0.4, -0.2) is 60.1 Å². The zero-order valence-corrected chi connectivity index (χ0v) is 17.2. The molecule has 0 saturated carbocycles. The van der Waals surface area contributed by atoms with Gasteiger partial charge < -0.3 is 19.9 Å². The summed E-state index contributed by atoms with van der Waals surface area (Å²) >= 11 is 17.8. The predicted octanol–water partition coefficient (Wildman–Crippen LogP) is 2.81. The third kappa shape index (κ3) is 5.62. The van der Waals surface area contributed by atoms with E-state index in [1.807, 2.05) is 11.0 Å². The standard InChI is InChI=1S/C16H20Cl3N5O3/c1-22(7-8-27-2)13(15(18)19)14(24(25)26)16-20-5-6-23(16)10-11-3-4-12(17)21-9-11/h3-4,9,20H,5-8,10H2,1-2H3. The Kier molecular flexibility index (Phi) is 7.97. The Morgan fingerprint density at radius 1 is 1.48 bits per heavy atom. The fraction of sp³-hybridized carbons (Fsp3) is 0.438.